The van der Waals surface area contributed by atoms with Gasteiger partial charge in [-0.15, -0.1) is 6.42 Å². The van der Waals surface area contributed by atoms with Gasteiger partial charge in [-0.1, -0.05) is 18.1 Å². The van der Waals surface area contributed by atoms with Gasteiger partial charge in [0.05, 0.1) is 6.10 Å². The van der Waals surface area contributed by atoms with E-state index in [1.165, 1.54) is 4.90 Å². The molecule has 0 fully saturated rings. The van der Waals surface area contributed by atoms with Gasteiger partial charge in [0.15, 0.2) is 0 Å². The Morgan fingerprint density at radius 2 is 2.14 bits per heavy atom. The van der Waals surface area contributed by atoms with Crippen LogP contribution in [0, 0.1) is 12.3 Å². The first-order chi connectivity index (χ1) is 10.0. The number of urea groups is 1. The summed E-state index contributed by atoms with van der Waals surface area (Å²) in [5.74, 6) is 3.14. The molecule has 0 heterocycles. The Morgan fingerprint density at radius 3 is 2.71 bits per heavy atom. The van der Waals surface area contributed by atoms with E-state index in [1.807, 2.05) is 24.3 Å². The number of ether oxygens (including phenoxy) is 1. The van der Waals surface area contributed by atoms with Crippen molar-refractivity contribution in [3.8, 4) is 18.1 Å². The third kappa shape index (κ3) is 6.68. The molecule has 21 heavy (non-hydrogen) atoms. The summed E-state index contributed by atoms with van der Waals surface area (Å²) >= 11 is 0. The molecule has 2 N–H and O–H groups in total. The lowest BCUT2D eigenvalue weighted by Gasteiger charge is -2.19. The molecule has 0 saturated heterocycles. The van der Waals surface area contributed by atoms with Gasteiger partial charge in [-0.25, -0.2) is 4.79 Å². The van der Waals surface area contributed by atoms with Crippen LogP contribution in [-0.2, 0) is 6.42 Å². The predicted octanol–water partition coefficient (Wildman–Crippen LogP) is 1.26. The standard InChI is InChI=1S/C16H22N2O3/c1-4-11-21-15-7-5-14(6-8-15)9-10-17-16(20)18(3)12-13(2)19/h1,5-8,13,19H,9-12H2,2-3H3,(H,17,20). The SMILES string of the molecule is C#CCOc1ccc(CCNC(=O)N(C)CC(C)O)cc1. The molecule has 0 bridgehead atoms. The van der Waals surface area contributed by atoms with Crippen LogP contribution in [0.1, 0.15) is 12.5 Å². The zero-order valence-corrected chi connectivity index (χ0v) is 12.5. The minimum absolute atomic E-state index is 0.190. The quantitative estimate of drug-likeness (QED) is 0.743. The number of amides is 2. The number of nitrogens with one attached hydrogen (secondary N) is 1. The van der Waals surface area contributed by atoms with Crippen LogP contribution in [0.2, 0.25) is 0 Å². The Morgan fingerprint density at radius 1 is 1.48 bits per heavy atom. The second kappa shape index (κ2) is 8.88. The maximum Gasteiger partial charge on any atom is 0.317 e. The highest BCUT2D eigenvalue weighted by molar-refractivity contribution is 5.73. The maximum absolute atomic E-state index is 11.7. The number of carbonyl (C=O) groups excluding carboxylic acids is 1. The molecule has 5 nitrogen and oxygen atoms in total. The molecular formula is C16H22N2O3. The van der Waals surface area contributed by atoms with Crippen LogP contribution in [-0.4, -0.2) is 48.9 Å². The van der Waals surface area contributed by atoms with E-state index in [-0.39, 0.29) is 12.6 Å². The van der Waals surface area contributed by atoms with Gasteiger partial charge in [0.2, 0.25) is 0 Å². The summed E-state index contributed by atoms with van der Waals surface area (Å²) < 4.78 is 5.29. The van der Waals surface area contributed by atoms with Crippen molar-refractivity contribution in [2.24, 2.45) is 0 Å². The number of aliphatic hydroxyl groups excluding tert-OH is 1. The lowest BCUT2D eigenvalue weighted by molar-refractivity contribution is 0.144. The number of terminal acetylenes is 1. The number of rotatable bonds is 7. The third-order valence-corrected chi connectivity index (χ3v) is 2.82. The molecule has 0 saturated carbocycles. The Labute approximate surface area is 125 Å². The first-order valence-electron chi connectivity index (χ1n) is 6.85. The van der Waals surface area contributed by atoms with E-state index >= 15 is 0 Å². The predicted molar refractivity (Wildman–Crippen MR) is 82.2 cm³/mol. The molecule has 0 aliphatic rings. The number of likely N-dealkylation sites (N-methyl/N-ethyl adjacent to an activating group) is 1. The van der Waals surface area contributed by atoms with Gasteiger partial charge in [0.1, 0.15) is 12.4 Å². The third-order valence-electron chi connectivity index (χ3n) is 2.82. The van der Waals surface area contributed by atoms with Crippen molar-refractivity contribution in [3.05, 3.63) is 29.8 Å². The molecule has 1 aromatic carbocycles. The molecule has 2 amide bonds. The smallest absolute Gasteiger partial charge is 0.317 e. The highest BCUT2D eigenvalue weighted by atomic mass is 16.5. The van der Waals surface area contributed by atoms with Gasteiger partial charge in [0.25, 0.3) is 0 Å². The van der Waals surface area contributed by atoms with Crippen LogP contribution >= 0.6 is 0 Å². The van der Waals surface area contributed by atoms with Crippen molar-refractivity contribution in [1.82, 2.24) is 10.2 Å². The molecular weight excluding hydrogens is 268 g/mol. The van der Waals surface area contributed by atoms with E-state index in [0.29, 0.717) is 13.1 Å². The number of hydrogen-bond acceptors (Lipinski definition) is 3. The lowest BCUT2D eigenvalue weighted by Crippen LogP contribution is -2.41. The molecule has 0 spiro atoms. The fraction of sp³-hybridized carbons (Fsp3) is 0.438. The summed E-state index contributed by atoms with van der Waals surface area (Å²) in [5.41, 5.74) is 1.10. The fourth-order valence-electron chi connectivity index (χ4n) is 1.81. The second-order valence-corrected chi connectivity index (χ2v) is 4.85. The van der Waals surface area contributed by atoms with Crippen LogP contribution in [0.15, 0.2) is 24.3 Å². The number of benzene rings is 1. The van der Waals surface area contributed by atoms with E-state index in [0.717, 1.165) is 17.7 Å². The van der Waals surface area contributed by atoms with E-state index in [2.05, 4.69) is 11.2 Å². The number of aliphatic hydroxyl groups is 1. The fourth-order valence-corrected chi connectivity index (χ4v) is 1.81. The minimum Gasteiger partial charge on any atom is -0.481 e. The van der Waals surface area contributed by atoms with Crippen molar-refractivity contribution in [3.63, 3.8) is 0 Å². The molecule has 0 aromatic heterocycles. The molecule has 0 aliphatic carbocycles. The van der Waals surface area contributed by atoms with E-state index in [4.69, 9.17) is 11.2 Å². The van der Waals surface area contributed by atoms with Crippen LogP contribution in [0.25, 0.3) is 0 Å². The summed E-state index contributed by atoms with van der Waals surface area (Å²) in [4.78, 5) is 13.2. The minimum atomic E-state index is -0.531. The van der Waals surface area contributed by atoms with Crippen molar-refractivity contribution in [2.75, 3.05) is 26.7 Å². The van der Waals surface area contributed by atoms with Crippen LogP contribution in [0.5, 0.6) is 5.75 Å². The van der Waals surface area contributed by atoms with Gasteiger partial charge < -0.3 is 20.1 Å². The largest absolute Gasteiger partial charge is 0.481 e. The van der Waals surface area contributed by atoms with Crippen LogP contribution in [0.4, 0.5) is 4.79 Å². The summed E-state index contributed by atoms with van der Waals surface area (Å²) in [6.07, 6.45) is 5.31. The average Bonchev–Trinajstić information content (AvgIpc) is 2.45. The second-order valence-electron chi connectivity index (χ2n) is 4.85. The monoisotopic (exact) mass is 290 g/mol. The van der Waals surface area contributed by atoms with Gasteiger partial charge in [0, 0.05) is 20.1 Å². The normalized spacial score (nSPS) is 11.3. The molecule has 1 rings (SSSR count). The topological polar surface area (TPSA) is 61.8 Å². The zero-order chi connectivity index (χ0) is 15.7. The molecule has 1 atom stereocenters. The Bertz CT molecular complexity index is 477. The number of nitrogens with zero attached hydrogens (tertiary/aromatic N) is 1. The van der Waals surface area contributed by atoms with Gasteiger partial charge in [-0.2, -0.15) is 0 Å². The Hall–Kier alpha value is -2.19. The maximum atomic E-state index is 11.7. The molecule has 0 radical (unpaired) electrons. The lowest BCUT2D eigenvalue weighted by atomic mass is 10.1. The Kier molecular flexibility index (Phi) is 7.13. The molecule has 0 aliphatic heterocycles. The van der Waals surface area contributed by atoms with Crippen LogP contribution < -0.4 is 10.1 Å². The number of hydrogen-bond donors (Lipinski definition) is 2. The Balaban J connectivity index is 2.32. The summed E-state index contributed by atoms with van der Waals surface area (Å²) in [6, 6.07) is 7.40. The molecule has 1 unspecified atom stereocenters. The van der Waals surface area contributed by atoms with Crippen molar-refractivity contribution >= 4 is 6.03 Å². The highest BCUT2D eigenvalue weighted by Gasteiger charge is 2.09. The molecule has 5 heteroatoms. The first-order valence-corrected chi connectivity index (χ1v) is 6.85. The van der Waals surface area contributed by atoms with Crippen molar-refractivity contribution in [2.45, 2.75) is 19.4 Å². The summed E-state index contributed by atoms with van der Waals surface area (Å²) in [6.45, 7) is 2.75. The van der Waals surface area contributed by atoms with Crippen LogP contribution in [0.3, 0.4) is 0 Å². The molecule has 114 valence electrons. The zero-order valence-electron chi connectivity index (χ0n) is 12.5. The average molecular weight is 290 g/mol. The van der Waals surface area contributed by atoms with E-state index in [1.54, 1.807) is 14.0 Å². The van der Waals surface area contributed by atoms with Crippen molar-refractivity contribution in [1.29, 1.82) is 0 Å². The summed E-state index contributed by atoms with van der Waals surface area (Å²) in [7, 11) is 1.65. The van der Waals surface area contributed by atoms with Gasteiger partial charge in [-0.05, 0) is 31.0 Å². The van der Waals surface area contributed by atoms with Crippen molar-refractivity contribution < 1.29 is 14.6 Å². The molecule has 1 aromatic rings. The summed E-state index contributed by atoms with van der Waals surface area (Å²) in [5, 5.41) is 12.0. The van der Waals surface area contributed by atoms with Gasteiger partial charge in [-0.3, -0.25) is 0 Å². The highest BCUT2D eigenvalue weighted by Crippen LogP contribution is 2.12. The van der Waals surface area contributed by atoms with Gasteiger partial charge >= 0.3 is 6.03 Å². The van der Waals surface area contributed by atoms with E-state index < -0.39 is 6.10 Å². The van der Waals surface area contributed by atoms with E-state index in [9.17, 15) is 9.90 Å². The number of carbonyl (C=O) groups is 1. The first kappa shape index (κ1) is 16.9.